The van der Waals surface area contributed by atoms with E-state index in [9.17, 15) is 17.6 Å². The van der Waals surface area contributed by atoms with Crippen LogP contribution in [-0.4, -0.2) is 49.8 Å². The second-order valence-electron chi connectivity index (χ2n) is 8.51. The molecule has 1 aliphatic carbocycles. The summed E-state index contributed by atoms with van der Waals surface area (Å²) in [6, 6.07) is 6.69. The summed E-state index contributed by atoms with van der Waals surface area (Å²) in [7, 11) is 1.65. The summed E-state index contributed by atoms with van der Waals surface area (Å²) >= 11 is 0. The normalized spacial score (nSPS) is 23.8. The Kier molecular flexibility index (Phi) is 10.3. The fraction of sp³-hybridized carbons (Fsp3) is 0.682. The minimum atomic E-state index is -4.12. The maximum absolute atomic E-state index is 13.8. The van der Waals surface area contributed by atoms with Gasteiger partial charge < -0.3 is 10.6 Å². The van der Waals surface area contributed by atoms with Gasteiger partial charge in [-0.2, -0.15) is 13.2 Å². The number of aliphatic imine (C=N–C) groups is 1. The predicted octanol–water partition coefficient (Wildman–Crippen LogP) is 4.94. The lowest BCUT2D eigenvalue weighted by Gasteiger charge is -2.34. The molecule has 2 atom stereocenters. The molecule has 0 radical (unpaired) electrons. The molecular formula is C22H33F4IN4. The number of nitrogens with zero attached hydrogens (tertiary/aromatic N) is 2. The molecule has 4 nitrogen and oxygen atoms in total. The van der Waals surface area contributed by atoms with E-state index in [2.05, 4.69) is 20.5 Å². The third-order valence-corrected chi connectivity index (χ3v) is 6.32. The largest absolute Gasteiger partial charge is 0.391 e. The summed E-state index contributed by atoms with van der Waals surface area (Å²) in [4.78, 5) is 6.46. The lowest BCUT2D eigenvalue weighted by Crippen LogP contribution is -2.48. The lowest BCUT2D eigenvalue weighted by atomic mass is 9.85. The fourth-order valence-electron chi connectivity index (χ4n) is 4.46. The second-order valence-corrected chi connectivity index (χ2v) is 8.51. The number of halogens is 5. The van der Waals surface area contributed by atoms with E-state index in [-0.39, 0.29) is 48.7 Å². The van der Waals surface area contributed by atoms with Gasteiger partial charge in [-0.3, -0.25) is 9.89 Å². The summed E-state index contributed by atoms with van der Waals surface area (Å²) in [5.74, 6) is -0.335. The molecule has 3 rings (SSSR count). The highest BCUT2D eigenvalue weighted by molar-refractivity contribution is 14.0. The van der Waals surface area contributed by atoms with Crippen molar-refractivity contribution in [3.05, 3.63) is 35.6 Å². The van der Waals surface area contributed by atoms with E-state index < -0.39 is 12.1 Å². The molecule has 0 spiro atoms. The molecule has 2 fully saturated rings. The van der Waals surface area contributed by atoms with Crippen molar-refractivity contribution in [1.82, 2.24) is 15.5 Å². The Labute approximate surface area is 199 Å². The van der Waals surface area contributed by atoms with Crippen LogP contribution < -0.4 is 10.6 Å². The van der Waals surface area contributed by atoms with Crippen molar-refractivity contribution >= 4 is 29.9 Å². The molecule has 2 N–H and O–H groups in total. The molecule has 1 aromatic rings. The summed E-state index contributed by atoms with van der Waals surface area (Å²) in [6.45, 7) is 3.17. The van der Waals surface area contributed by atoms with Gasteiger partial charge in [-0.25, -0.2) is 4.39 Å². The van der Waals surface area contributed by atoms with Gasteiger partial charge in [0.1, 0.15) is 5.82 Å². The standard InChI is InChI=1S/C22H32F4N4.HI/c1-27-21(29-19-7-4-6-18(13-19)22(24,25)26)28-14-16-9-11-30(12-10-16)15-17-5-2-3-8-20(17)23;/h2-3,5,8,16,18-19H,4,6-7,9-15H2,1H3,(H2,27,28,29);1H. The van der Waals surface area contributed by atoms with Crippen molar-refractivity contribution in [2.45, 2.75) is 57.3 Å². The topological polar surface area (TPSA) is 39.7 Å². The molecule has 0 bridgehead atoms. The summed E-state index contributed by atoms with van der Waals surface area (Å²) in [6.07, 6.45) is -0.469. The van der Waals surface area contributed by atoms with Crippen molar-refractivity contribution in [2.75, 3.05) is 26.7 Å². The molecule has 1 saturated carbocycles. The first kappa shape index (κ1) is 26.2. The van der Waals surface area contributed by atoms with E-state index in [1.807, 2.05) is 12.1 Å². The van der Waals surface area contributed by atoms with Crippen molar-refractivity contribution in [1.29, 1.82) is 0 Å². The number of likely N-dealkylation sites (tertiary alicyclic amines) is 1. The SMILES string of the molecule is CN=C(NCC1CCN(Cc2ccccc2F)CC1)NC1CCCC(C(F)(F)F)C1.I. The molecule has 1 heterocycles. The Hall–Kier alpha value is -1.10. The molecule has 176 valence electrons. The van der Waals surface area contributed by atoms with Crippen molar-refractivity contribution in [3.8, 4) is 0 Å². The Bertz CT molecular complexity index is 705. The van der Waals surface area contributed by atoms with Gasteiger partial charge in [-0.15, -0.1) is 24.0 Å². The van der Waals surface area contributed by atoms with E-state index in [1.165, 1.54) is 6.07 Å². The lowest BCUT2D eigenvalue weighted by molar-refractivity contribution is -0.183. The van der Waals surface area contributed by atoms with Gasteiger partial charge >= 0.3 is 6.18 Å². The number of benzene rings is 1. The van der Waals surface area contributed by atoms with Crippen molar-refractivity contribution in [2.24, 2.45) is 16.8 Å². The number of alkyl halides is 3. The van der Waals surface area contributed by atoms with Crippen LogP contribution in [0.15, 0.2) is 29.3 Å². The van der Waals surface area contributed by atoms with E-state index >= 15 is 0 Å². The second kappa shape index (κ2) is 12.2. The van der Waals surface area contributed by atoms with Crippen LogP contribution >= 0.6 is 24.0 Å². The zero-order chi connectivity index (χ0) is 21.6. The van der Waals surface area contributed by atoms with E-state index in [1.54, 1.807) is 13.1 Å². The Balaban J connectivity index is 0.00000341. The van der Waals surface area contributed by atoms with Gasteiger partial charge in [-0.1, -0.05) is 24.6 Å². The molecule has 1 aliphatic heterocycles. The first-order valence-corrected chi connectivity index (χ1v) is 10.8. The quantitative estimate of drug-likeness (QED) is 0.234. The minimum Gasteiger partial charge on any atom is -0.356 e. The third kappa shape index (κ3) is 8.07. The zero-order valence-electron chi connectivity index (χ0n) is 17.9. The minimum absolute atomic E-state index is 0. The number of rotatable bonds is 5. The van der Waals surface area contributed by atoms with Crippen LogP contribution in [0.3, 0.4) is 0 Å². The van der Waals surface area contributed by atoms with E-state index in [0.717, 1.165) is 44.5 Å². The highest BCUT2D eigenvalue weighted by Crippen LogP contribution is 2.37. The van der Waals surface area contributed by atoms with Gasteiger partial charge in [0.25, 0.3) is 0 Å². The fourth-order valence-corrected chi connectivity index (χ4v) is 4.46. The van der Waals surface area contributed by atoms with Gasteiger partial charge in [0.2, 0.25) is 0 Å². The van der Waals surface area contributed by atoms with Crippen LogP contribution in [0.5, 0.6) is 0 Å². The summed E-state index contributed by atoms with van der Waals surface area (Å²) in [5.41, 5.74) is 0.725. The van der Waals surface area contributed by atoms with Crippen LogP contribution in [0.2, 0.25) is 0 Å². The highest BCUT2D eigenvalue weighted by Gasteiger charge is 2.42. The molecule has 0 aromatic heterocycles. The Morgan fingerprint density at radius 1 is 1.13 bits per heavy atom. The van der Waals surface area contributed by atoms with Gasteiger partial charge in [0.15, 0.2) is 5.96 Å². The zero-order valence-corrected chi connectivity index (χ0v) is 20.3. The molecular weight excluding hydrogens is 523 g/mol. The van der Waals surface area contributed by atoms with Crippen LogP contribution in [0.4, 0.5) is 17.6 Å². The number of nitrogens with one attached hydrogen (secondary N) is 2. The highest BCUT2D eigenvalue weighted by atomic mass is 127. The molecule has 1 aromatic carbocycles. The first-order chi connectivity index (χ1) is 14.3. The van der Waals surface area contributed by atoms with E-state index in [0.29, 0.717) is 24.8 Å². The number of hydrogen-bond acceptors (Lipinski definition) is 2. The molecule has 0 amide bonds. The summed E-state index contributed by atoms with van der Waals surface area (Å²) in [5, 5.41) is 6.47. The third-order valence-electron chi connectivity index (χ3n) is 6.32. The number of hydrogen-bond donors (Lipinski definition) is 2. The van der Waals surface area contributed by atoms with Crippen molar-refractivity contribution < 1.29 is 17.6 Å². The van der Waals surface area contributed by atoms with Crippen LogP contribution in [-0.2, 0) is 6.54 Å². The average molecular weight is 556 g/mol. The van der Waals surface area contributed by atoms with Gasteiger partial charge in [0.05, 0.1) is 5.92 Å². The Morgan fingerprint density at radius 3 is 2.48 bits per heavy atom. The maximum Gasteiger partial charge on any atom is 0.391 e. The Morgan fingerprint density at radius 2 is 1.84 bits per heavy atom. The van der Waals surface area contributed by atoms with Crippen LogP contribution in [0.1, 0.15) is 44.1 Å². The molecule has 1 saturated heterocycles. The van der Waals surface area contributed by atoms with Crippen LogP contribution in [0, 0.1) is 17.7 Å². The maximum atomic E-state index is 13.8. The monoisotopic (exact) mass is 556 g/mol. The number of guanidine groups is 1. The molecule has 2 unspecified atom stereocenters. The molecule has 9 heteroatoms. The van der Waals surface area contributed by atoms with Gasteiger partial charge in [-0.05, 0) is 57.2 Å². The molecule has 31 heavy (non-hydrogen) atoms. The smallest absolute Gasteiger partial charge is 0.356 e. The number of piperidine rings is 1. The van der Waals surface area contributed by atoms with Crippen LogP contribution in [0.25, 0.3) is 0 Å². The average Bonchev–Trinajstić information content (AvgIpc) is 2.73. The first-order valence-electron chi connectivity index (χ1n) is 10.8. The van der Waals surface area contributed by atoms with Gasteiger partial charge in [0, 0.05) is 31.7 Å². The predicted molar refractivity (Wildman–Crippen MR) is 126 cm³/mol. The van der Waals surface area contributed by atoms with Crippen molar-refractivity contribution in [3.63, 3.8) is 0 Å². The van der Waals surface area contributed by atoms with E-state index in [4.69, 9.17) is 0 Å². The molecule has 2 aliphatic rings. The summed E-state index contributed by atoms with van der Waals surface area (Å²) < 4.78 is 52.9.